The van der Waals surface area contributed by atoms with Crippen LogP contribution in [0, 0.1) is 5.82 Å². The number of nitrogens with one attached hydrogen (secondary N) is 1. The third kappa shape index (κ3) is 4.53. The molecule has 0 aliphatic rings. The Kier molecular flexibility index (Phi) is 5.38. The number of carbonyl (C=O) groups excluding carboxylic acids is 1. The summed E-state index contributed by atoms with van der Waals surface area (Å²) < 4.78 is 37.7. The van der Waals surface area contributed by atoms with Gasteiger partial charge in [0.1, 0.15) is 11.1 Å². The van der Waals surface area contributed by atoms with E-state index in [0.29, 0.717) is 5.69 Å². The summed E-state index contributed by atoms with van der Waals surface area (Å²) in [4.78, 5) is 12.1. The van der Waals surface area contributed by atoms with Crippen molar-refractivity contribution in [3.8, 4) is 0 Å². The molecule has 0 spiro atoms. The predicted molar refractivity (Wildman–Crippen MR) is 88.6 cm³/mol. The van der Waals surface area contributed by atoms with Crippen molar-refractivity contribution < 1.29 is 17.6 Å². The number of benzene rings is 2. The molecule has 0 unspecified atom stereocenters. The smallest absolute Gasteiger partial charge is 0.242 e. The van der Waals surface area contributed by atoms with Gasteiger partial charge >= 0.3 is 0 Å². The molecule has 1 amide bonds. The summed E-state index contributed by atoms with van der Waals surface area (Å²) in [6.07, 6.45) is 0. The Morgan fingerprint density at radius 2 is 1.87 bits per heavy atom. The van der Waals surface area contributed by atoms with Gasteiger partial charge in [-0.25, -0.2) is 12.8 Å². The maximum absolute atomic E-state index is 13.0. The Labute approximate surface area is 139 Å². The van der Waals surface area contributed by atoms with E-state index in [2.05, 4.69) is 5.32 Å². The molecule has 0 heterocycles. The number of hydrogen-bond acceptors (Lipinski definition) is 3. The van der Waals surface area contributed by atoms with E-state index in [1.54, 1.807) is 30.3 Å². The fraction of sp³-hybridized carbons (Fsp3) is 0.188. The van der Waals surface area contributed by atoms with Crippen molar-refractivity contribution in [2.75, 3.05) is 5.32 Å². The van der Waals surface area contributed by atoms with Crippen LogP contribution in [0.1, 0.15) is 12.5 Å². The molecule has 2 aromatic rings. The molecule has 0 bridgehead atoms. The second-order valence-corrected chi connectivity index (χ2v) is 7.77. The molecule has 2 rings (SSSR count). The van der Waals surface area contributed by atoms with E-state index >= 15 is 0 Å². The van der Waals surface area contributed by atoms with Gasteiger partial charge in [0.15, 0.2) is 9.84 Å². The molecule has 0 saturated heterocycles. The van der Waals surface area contributed by atoms with Crippen LogP contribution in [0.25, 0.3) is 0 Å². The minimum atomic E-state index is -3.79. The van der Waals surface area contributed by atoms with Crippen molar-refractivity contribution in [1.82, 2.24) is 0 Å². The van der Waals surface area contributed by atoms with Crippen LogP contribution in [0.3, 0.4) is 0 Å². The molecule has 2 aromatic carbocycles. The first-order chi connectivity index (χ1) is 10.8. The van der Waals surface area contributed by atoms with Gasteiger partial charge in [0.25, 0.3) is 0 Å². The lowest BCUT2D eigenvalue weighted by atomic mass is 10.2. The summed E-state index contributed by atoms with van der Waals surface area (Å²) in [5.41, 5.74) is 0.770. The first-order valence-electron chi connectivity index (χ1n) is 6.81. The van der Waals surface area contributed by atoms with Gasteiger partial charge in [-0.15, -0.1) is 0 Å². The minimum Gasteiger partial charge on any atom is -0.325 e. The second kappa shape index (κ2) is 7.10. The predicted octanol–water partition coefficient (Wildman–Crippen LogP) is 3.42. The summed E-state index contributed by atoms with van der Waals surface area (Å²) in [6.45, 7) is 1.31. The van der Waals surface area contributed by atoms with Crippen LogP contribution in [0.5, 0.6) is 0 Å². The van der Waals surface area contributed by atoms with Gasteiger partial charge in [0.05, 0.1) is 5.75 Å². The summed E-state index contributed by atoms with van der Waals surface area (Å²) in [5, 5.41) is 1.30. The summed E-state index contributed by atoms with van der Waals surface area (Å²) in [6, 6.07) is 12.0. The highest BCUT2D eigenvalue weighted by atomic mass is 35.5. The lowest BCUT2D eigenvalue weighted by Gasteiger charge is -2.14. The van der Waals surface area contributed by atoms with Crippen LogP contribution in [-0.4, -0.2) is 19.6 Å². The lowest BCUT2D eigenvalue weighted by Crippen LogP contribution is -2.33. The van der Waals surface area contributed by atoms with Gasteiger partial charge in [-0.3, -0.25) is 4.79 Å². The topological polar surface area (TPSA) is 63.2 Å². The molecule has 0 radical (unpaired) electrons. The molecule has 122 valence electrons. The number of carbonyl (C=O) groups is 1. The van der Waals surface area contributed by atoms with E-state index < -0.39 is 32.6 Å². The van der Waals surface area contributed by atoms with Crippen LogP contribution < -0.4 is 5.32 Å². The van der Waals surface area contributed by atoms with E-state index in [9.17, 15) is 17.6 Å². The normalized spacial score (nSPS) is 12.7. The summed E-state index contributed by atoms with van der Waals surface area (Å²) in [5.74, 6) is -1.62. The van der Waals surface area contributed by atoms with Crippen LogP contribution in [0.2, 0.25) is 5.02 Å². The van der Waals surface area contributed by atoms with Crippen molar-refractivity contribution >= 4 is 33.0 Å². The minimum absolute atomic E-state index is 0.0178. The van der Waals surface area contributed by atoms with Crippen LogP contribution in [0.4, 0.5) is 10.1 Å². The SMILES string of the molecule is C[C@@H](C(=O)Nc1ccccc1)S(=O)(=O)Cc1ccc(F)cc1Cl. The zero-order valence-corrected chi connectivity index (χ0v) is 13.9. The molecule has 1 N–H and O–H groups in total. The van der Waals surface area contributed by atoms with Gasteiger partial charge in [0, 0.05) is 10.7 Å². The molecule has 0 fully saturated rings. The van der Waals surface area contributed by atoms with E-state index in [0.717, 1.165) is 12.1 Å². The Hall–Kier alpha value is -1.92. The first-order valence-corrected chi connectivity index (χ1v) is 8.90. The molecule has 4 nitrogen and oxygen atoms in total. The Morgan fingerprint density at radius 3 is 2.48 bits per heavy atom. The lowest BCUT2D eigenvalue weighted by molar-refractivity contribution is -0.115. The standard InChI is InChI=1S/C16H15ClFNO3S/c1-11(16(20)19-14-5-3-2-4-6-14)23(21,22)10-12-7-8-13(18)9-15(12)17/h2-9,11H,10H2,1H3,(H,19,20)/t11-/m0/s1. The number of rotatable bonds is 5. The largest absolute Gasteiger partial charge is 0.325 e. The Bertz CT molecular complexity index is 809. The molecule has 0 aliphatic carbocycles. The van der Waals surface area contributed by atoms with Gasteiger partial charge in [0.2, 0.25) is 5.91 Å². The average molecular weight is 356 g/mol. The zero-order chi connectivity index (χ0) is 17.0. The van der Waals surface area contributed by atoms with E-state index in [-0.39, 0.29) is 10.6 Å². The number of anilines is 1. The molecule has 7 heteroatoms. The van der Waals surface area contributed by atoms with Gasteiger partial charge in [-0.05, 0) is 36.8 Å². The van der Waals surface area contributed by atoms with Crippen molar-refractivity contribution in [1.29, 1.82) is 0 Å². The van der Waals surface area contributed by atoms with Crippen molar-refractivity contribution in [3.05, 3.63) is 64.9 Å². The molecule has 0 aromatic heterocycles. The van der Waals surface area contributed by atoms with Crippen LogP contribution in [-0.2, 0) is 20.4 Å². The Balaban J connectivity index is 2.13. The maximum atomic E-state index is 13.0. The molecule has 0 aliphatic heterocycles. The van der Waals surface area contributed by atoms with Gasteiger partial charge in [-0.2, -0.15) is 0 Å². The Morgan fingerprint density at radius 1 is 1.22 bits per heavy atom. The summed E-state index contributed by atoms with van der Waals surface area (Å²) in [7, 11) is -3.79. The maximum Gasteiger partial charge on any atom is 0.242 e. The number of sulfone groups is 1. The highest BCUT2D eigenvalue weighted by Crippen LogP contribution is 2.22. The number of para-hydroxylation sites is 1. The van der Waals surface area contributed by atoms with Crippen molar-refractivity contribution in [3.63, 3.8) is 0 Å². The highest BCUT2D eigenvalue weighted by molar-refractivity contribution is 7.92. The molecule has 1 atom stereocenters. The van der Waals surface area contributed by atoms with E-state index in [4.69, 9.17) is 11.6 Å². The number of hydrogen-bond donors (Lipinski definition) is 1. The summed E-state index contributed by atoms with van der Waals surface area (Å²) >= 11 is 5.84. The molecule has 23 heavy (non-hydrogen) atoms. The fourth-order valence-electron chi connectivity index (χ4n) is 1.91. The second-order valence-electron chi connectivity index (χ2n) is 5.04. The third-order valence-corrected chi connectivity index (χ3v) is 5.68. The third-order valence-electron chi connectivity index (χ3n) is 3.32. The molecule has 0 saturated carbocycles. The molecular weight excluding hydrogens is 341 g/mol. The van der Waals surface area contributed by atoms with E-state index in [1.165, 1.54) is 13.0 Å². The van der Waals surface area contributed by atoms with Gasteiger partial charge < -0.3 is 5.32 Å². The first kappa shape index (κ1) is 17.4. The number of amides is 1. The van der Waals surface area contributed by atoms with Crippen LogP contribution >= 0.6 is 11.6 Å². The van der Waals surface area contributed by atoms with Gasteiger partial charge in [-0.1, -0.05) is 35.9 Å². The monoisotopic (exact) mass is 355 g/mol. The van der Waals surface area contributed by atoms with Crippen molar-refractivity contribution in [2.45, 2.75) is 17.9 Å². The highest BCUT2D eigenvalue weighted by Gasteiger charge is 2.29. The number of halogens is 2. The molecular formula is C16H15ClFNO3S. The van der Waals surface area contributed by atoms with Crippen molar-refractivity contribution in [2.24, 2.45) is 0 Å². The average Bonchev–Trinajstić information content (AvgIpc) is 2.50. The van der Waals surface area contributed by atoms with Crippen LogP contribution in [0.15, 0.2) is 48.5 Å². The fourth-order valence-corrected chi connectivity index (χ4v) is 3.54. The zero-order valence-electron chi connectivity index (χ0n) is 12.3. The van der Waals surface area contributed by atoms with E-state index in [1.807, 2.05) is 0 Å². The quantitative estimate of drug-likeness (QED) is 0.893.